The summed E-state index contributed by atoms with van der Waals surface area (Å²) in [4.78, 5) is 24.4. The molecular formula is C21H35N3O2. The molecule has 146 valence electrons. The number of carbonyl (C=O) groups is 2. The Bertz CT molecular complexity index is 492. The summed E-state index contributed by atoms with van der Waals surface area (Å²) in [5.41, 5.74) is 0.109. The molecule has 0 aromatic carbocycles. The quantitative estimate of drug-likeness (QED) is 0.634. The fourth-order valence-electron chi connectivity index (χ4n) is 6.56. The van der Waals surface area contributed by atoms with Crippen molar-refractivity contribution in [1.29, 1.82) is 0 Å². The van der Waals surface area contributed by atoms with E-state index in [-0.39, 0.29) is 17.5 Å². The first-order valence-corrected chi connectivity index (χ1v) is 11.0. The lowest BCUT2D eigenvalue weighted by molar-refractivity contribution is -0.126. The van der Waals surface area contributed by atoms with Crippen LogP contribution in [0.1, 0.15) is 83.5 Å². The molecule has 3 amide bonds. The van der Waals surface area contributed by atoms with E-state index in [0.717, 1.165) is 37.0 Å². The monoisotopic (exact) mass is 361 g/mol. The Morgan fingerprint density at radius 3 is 2.12 bits per heavy atom. The van der Waals surface area contributed by atoms with Crippen LogP contribution in [0.5, 0.6) is 0 Å². The molecule has 0 radical (unpaired) electrons. The molecule has 5 fully saturated rings. The number of hydrogen-bond donors (Lipinski definition) is 3. The van der Waals surface area contributed by atoms with Crippen molar-refractivity contribution in [1.82, 2.24) is 16.0 Å². The highest BCUT2D eigenvalue weighted by atomic mass is 16.2. The topological polar surface area (TPSA) is 70.2 Å². The Labute approximate surface area is 157 Å². The highest BCUT2D eigenvalue weighted by molar-refractivity contribution is 5.77. The van der Waals surface area contributed by atoms with Crippen LogP contribution in [-0.4, -0.2) is 30.1 Å². The van der Waals surface area contributed by atoms with Crippen LogP contribution in [0.4, 0.5) is 4.79 Å². The van der Waals surface area contributed by atoms with E-state index in [4.69, 9.17) is 0 Å². The van der Waals surface area contributed by atoms with Gasteiger partial charge < -0.3 is 16.0 Å². The molecule has 3 N–H and O–H groups in total. The first kappa shape index (κ1) is 18.1. The van der Waals surface area contributed by atoms with Gasteiger partial charge in [-0.25, -0.2) is 4.79 Å². The molecule has 5 aliphatic carbocycles. The van der Waals surface area contributed by atoms with Crippen molar-refractivity contribution in [3.63, 3.8) is 0 Å². The largest absolute Gasteiger partial charge is 0.351 e. The molecule has 5 saturated carbocycles. The molecule has 0 heterocycles. The average Bonchev–Trinajstić information content (AvgIpc) is 2.58. The van der Waals surface area contributed by atoms with E-state index in [9.17, 15) is 9.59 Å². The van der Waals surface area contributed by atoms with Gasteiger partial charge in [-0.2, -0.15) is 0 Å². The number of rotatable bonds is 6. The lowest BCUT2D eigenvalue weighted by atomic mass is 9.53. The van der Waals surface area contributed by atoms with E-state index in [1.807, 2.05) is 0 Å². The Balaban J connectivity index is 1.13. The van der Waals surface area contributed by atoms with Crippen LogP contribution < -0.4 is 16.0 Å². The van der Waals surface area contributed by atoms with Crippen LogP contribution in [-0.2, 0) is 4.79 Å². The van der Waals surface area contributed by atoms with Crippen LogP contribution in [0.2, 0.25) is 0 Å². The number of amides is 3. The van der Waals surface area contributed by atoms with Gasteiger partial charge in [0.05, 0.1) is 0 Å². The zero-order valence-corrected chi connectivity index (χ0v) is 16.0. The predicted molar refractivity (Wildman–Crippen MR) is 102 cm³/mol. The van der Waals surface area contributed by atoms with E-state index in [2.05, 4.69) is 16.0 Å². The van der Waals surface area contributed by atoms with Gasteiger partial charge in [-0.3, -0.25) is 4.79 Å². The average molecular weight is 362 g/mol. The van der Waals surface area contributed by atoms with E-state index >= 15 is 0 Å². The lowest BCUT2D eigenvalue weighted by Gasteiger charge is -2.56. The molecule has 5 heteroatoms. The maximum atomic E-state index is 12.4. The van der Waals surface area contributed by atoms with Crippen LogP contribution in [0, 0.1) is 17.8 Å². The van der Waals surface area contributed by atoms with Gasteiger partial charge in [0.15, 0.2) is 0 Å². The summed E-state index contributed by atoms with van der Waals surface area (Å²) in [6.45, 7) is 0.576. The SMILES string of the molecule is O=C(CCCNC(=O)NC1CCCCC1)NC12CC3CC(CC(C3)C1)C2. The third-order valence-corrected chi connectivity index (χ3v) is 7.25. The second-order valence-corrected chi connectivity index (χ2v) is 9.58. The van der Waals surface area contributed by atoms with Crippen LogP contribution >= 0.6 is 0 Å². The normalized spacial score (nSPS) is 35.9. The van der Waals surface area contributed by atoms with Gasteiger partial charge in [0, 0.05) is 24.5 Å². The Kier molecular flexibility index (Phi) is 5.42. The van der Waals surface area contributed by atoms with Gasteiger partial charge in [-0.1, -0.05) is 19.3 Å². The minimum atomic E-state index is -0.0709. The van der Waals surface area contributed by atoms with Gasteiger partial charge in [0.2, 0.25) is 5.91 Å². The third kappa shape index (κ3) is 4.34. The molecule has 5 nitrogen and oxygen atoms in total. The maximum Gasteiger partial charge on any atom is 0.315 e. The van der Waals surface area contributed by atoms with E-state index in [1.165, 1.54) is 57.8 Å². The molecule has 0 aromatic heterocycles. The number of hydrogen-bond acceptors (Lipinski definition) is 2. The highest BCUT2D eigenvalue weighted by Gasteiger charge is 2.51. The number of urea groups is 1. The van der Waals surface area contributed by atoms with Crippen molar-refractivity contribution in [2.75, 3.05) is 6.54 Å². The molecule has 0 spiro atoms. The van der Waals surface area contributed by atoms with Gasteiger partial charge in [0.25, 0.3) is 0 Å². The summed E-state index contributed by atoms with van der Waals surface area (Å²) < 4.78 is 0. The zero-order valence-electron chi connectivity index (χ0n) is 16.0. The summed E-state index contributed by atoms with van der Waals surface area (Å²) in [5, 5.41) is 9.39. The van der Waals surface area contributed by atoms with Crippen molar-refractivity contribution in [3.8, 4) is 0 Å². The second kappa shape index (κ2) is 7.77. The van der Waals surface area contributed by atoms with E-state index < -0.39 is 0 Å². The van der Waals surface area contributed by atoms with Crippen molar-refractivity contribution >= 4 is 11.9 Å². The molecule has 0 saturated heterocycles. The Morgan fingerprint density at radius 2 is 1.50 bits per heavy atom. The maximum absolute atomic E-state index is 12.4. The highest BCUT2D eigenvalue weighted by Crippen LogP contribution is 2.55. The molecule has 0 aliphatic heterocycles. The molecule has 0 unspecified atom stereocenters. The summed E-state index contributed by atoms with van der Waals surface area (Å²) >= 11 is 0. The smallest absolute Gasteiger partial charge is 0.315 e. The summed E-state index contributed by atoms with van der Waals surface area (Å²) in [5.74, 6) is 2.74. The van der Waals surface area contributed by atoms with E-state index in [0.29, 0.717) is 19.0 Å². The van der Waals surface area contributed by atoms with Crippen LogP contribution in [0.25, 0.3) is 0 Å². The van der Waals surface area contributed by atoms with Crippen molar-refractivity contribution in [2.24, 2.45) is 17.8 Å². The third-order valence-electron chi connectivity index (χ3n) is 7.25. The molecular weight excluding hydrogens is 326 g/mol. The van der Waals surface area contributed by atoms with Crippen molar-refractivity contribution < 1.29 is 9.59 Å². The number of carbonyl (C=O) groups excluding carboxylic acids is 2. The first-order chi connectivity index (χ1) is 12.6. The molecule has 0 atom stereocenters. The van der Waals surface area contributed by atoms with Gasteiger partial charge in [-0.15, -0.1) is 0 Å². The summed E-state index contributed by atoms with van der Waals surface area (Å²) in [6, 6.07) is 0.265. The zero-order chi connectivity index (χ0) is 18.0. The fourth-order valence-corrected chi connectivity index (χ4v) is 6.56. The summed E-state index contributed by atoms with van der Waals surface area (Å²) in [7, 11) is 0. The number of nitrogens with one attached hydrogen (secondary N) is 3. The minimum Gasteiger partial charge on any atom is -0.351 e. The molecule has 5 rings (SSSR count). The van der Waals surface area contributed by atoms with Gasteiger partial charge in [0.1, 0.15) is 0 Å². The molecule has 4 bridgehead atoms. The minimum absolute atomic E-state index is 0.0709. The fraction of sp³-hybridized carbons (Fsp3) is 0.905. The molecule has 0 aromatic rings. The standard InChI is InChI=1S/C21H35N3O2/c25-19(7-4-8-22-20(26)23-18-5-2-1-3-6-18)24-21-12-15-9-16(13-21)11-17(10-15)14-21/h15-18H,1-14H2,(H,24,25)(H2,22,23,26). The first-order valence-electron chi connectivity index (χ1n) is 11.0. The van der Waals surface area contributed by atoms with E-state index in [1.54, 1.807) is 0 Å². The van der Waals surface area contributed by atoms with Crippen LogP contribution in [0.3, 0.4) is 0 Å². The van der Waals surface area contributed by atoms with Crippen LogP contribution in [0.15, 0.2) is 0 Å². The lowest BCUT2D eigenvalue weighted by Crippen LogP contribution is -2.59. The molecule has 5 aliphatic rings. The Morgan fingerprint density at radius 1 is 0.885 bits per heavy atom. The molecule has 26 heavy (non-hydrogen) atoms. The Hall–Kier alpha value is -1.26. The van der Waals surface area contributed by atoms with Gasteiger partial charge >= 0.3 is 6.03 Å². The summed E-state index contributed by atoms with van der Waals surface area (Å²) in [6.07, 6.45) is 15.0. The van der Waals surface area contributed by atoms with Gasteiger partial charge in [-0.05, 0) is 75.5 Å². The van der Waals surface area contributed by atoms with Crippen molar-refractivity contribution in [2.45, 2.75) is 95.1 Å². The second-order valence-electron chi connectivity index (χ2n) is 9.58. The van der Waals surface area contributed by atoms with Crippen molar-refractivity contribution in [3.05, 3.63) is 0 Å². The predicted octanol–water partition coefficient (Wildman–Crippen LogP) is 3.48.